The van der Waals surface area contributed by atoms with E-state index in [0.29, 0.717) is 5.69 Å². The molecule has 0 fully saturated rings. The number of rotatable bonds is 4. The summed E-state index contributed by atoms with van der Waals surface area (Å²) in [6.07, 6.45) is 3.11. The number of benzene rings is 1. The predicted molar refractivity (Wildman–Crippen MR) is 79.4 cm³/mol. The van der Waals surface area contributed by atoms with Gasteiger partial charge in [0.25, 0.3) is 0 Å². The van der Waals surface area contributed by atoms with Crippen LogP contribution in [0.25, 0.3) is 0 Å². The number of nitrogens with two attached hydrogens (primary N) is 1. The van der Waals surface area contributed by atoms with Crippen LogP contribution in [-0.4, -0.2) is 16.6 Å². The van der Waals surface area contributed by atoms with Crippen LogP contribution < -0.4 is 11.1 Å². The number of thioether (sulfide) groups is 1. The van der Waals surface area contributed by atoms with E-state index in [-0.39, 0.29) is 22.4 Å². The molecule has 0 atom stereocenters. The van der Waals surface area contributed by atoms with Crippen molar-refractivity contribution in [1.82, 2.24) is 4.98 Å². The minimum atomic E-state index is -0.570. The lowest BCUT2D eigenvalue weighted by atomic mass is 10.3. The van der Waals surface area contributed by atoms with Gasteiger partial charge in [-0.05, 0) is 24.3 Å². The van der Waals surface area contributed by atoms with Crippen molar-refractivity contribution in [2.45, 2.75) is 4.90 Å². The number of carbonyl (C=O) groups is 1. The minimum absolute atomic E-state index is 0.0997. The molecule has 0 bridgehead atoms. The maximum Gasteiger partial charge on any atom is 0.234 e. The van der Waals surface area contributed by atoms with Crippen molar-refractivity contribution >= 4 is 40.6 Å². The van der Waals surface area contributed by atoms with Crippen LogP contribution in [0.1, 0.15) is 0 Å². The maximum atomic E-state index is 13.5. The summed E-state index contributed by atoms with van der Waals surface area (Å²) in [6.45, 7) is 0. The first kappa shape index (κ1) is 14.6. The SMILES string of the molecule is Nc1cnccc1SCC(=O)Nc1ccc(Cl)cc1F. The second kappa shape index (κ2) is 6.58. The number of hydrogen-bond donors (Lipinski definition) is 2. The second-order valence-corrected chi connectivity index (χ2v) is 5.33. The highest BCUT2D eigenvalue weighted by Crippen LogP contribution is 2.24. The number of nitrogen functional groups attached to an aromatic ring is 1. The number of hydrogen-bond acceptors (Lipinski definition) is 4. The van der Waals surface area contributed by atoms with Gasteiger partial charge in [-0.1, -0.05) is 11.6 Å². The Balaban J connectivity index is 1.94. The largest absolute Gasteiger partial charge is 0.397 e. The Morgan fingerprint density at radius 2 is 2.25 bits per heavy atom. The summed E-state index contributed by atoms with van der Waals surface area (Å²) in [4.78, 5) is 16.4. The molecule has 1 aromatic heterocycles. The van der Waals surface area contributed by atoms with Gasteiger partial charge < -0.3 is 11.1 Å². The van der Waals surface area contributed by atoms with E-state index in [2.05, 4.69) is 10.3 Å². The normalized spacial score (nSPS) is 10.3. The molecule has 3 N–H and O–H groups in total. The molecular formula is C13H11ClFN3OS. The van der Waals surface area contributed by atoms with E-state index in [1.807, 2.05) is 0 Å². The van der Waals surface area contributed by atoms with Gasteiger partial charge in [-0.2, -0.15) is 0 Å². The zero-order chi connectivity index (χ0) is 14.5. The molecule has 1 amide bonds. The molecule has 104 valence electrons. The van der Waals surface area contributed by atoms with Crippen LogP contribution in [0, 0.1) is 5.82 Å². The van der Waals surface area contributed by atoms with Gasteiger partial charge in [-0.3, -0.25) is 9.78 Å². The van der Waals surface area contributed by atoms with Crippen molar-refractivity contribution in [3.8, 4) is 0 Å². The fourth-order valence-electron chi connectivity index (χ4n) is 1.45. The first-order valence-corrected chi connectivity index (χ1v) is 7.00. The van der Waals surface area contributed by atoms with Gasteiger partial charge in [-0.25, -0.2) is 4.39 Å². The third-order valence-electron chi connectivity index (χ3n) is 2.37. The second-order valence-electron chi connectivity index (χ2n) is 3.87. The van der Waals surface area contributed by atoms with Crippen molar-refractivity contribution in [2.24, 2.45) is 0 Å². The van der Waals surface area contributed by atoms with Gasteiger partial charge in [0, 0.05) is 16.1 Å². The third kappa shape index (κ3) is 3.85. The van der Waals surface area contributed by atoms with Crippen molar-refractivity contribution < 1.29 is 9.18 Å². The van der Waals surface area contributed by atoms with Crippen LogP contribution in [0.2, 0.25) is 5.02 Å². The number of aromatic nitrogens is 1. The average molecular weight is 312 g/mol. The molecule has 0 saturated carbocycles. The molecule has 4 nitrogen and oxygen atoms in total. The van der Waals surface area contributed by atoms with Crippen LogP contribution in [0.15, 0.2) is 41.6 Å². The molecule has 0 radical (unpaired) electrons. The quantitative estimate of drug-likeness (QED) is 0.851. The van der Waals surface area contributed by atoms with E-state index >= 15 is 0 Å². The average Bonchev–Trinajstić information content (AvgIpc) is 2.41. The summed E-state index contributed by atoms with van der Waals surface area (Å²) < 4.78 is 13.5. The number of pyridine rings is 1. The van der Waals surface area contributed by atoms with Gasteiger partial charge in [0.2, 0.25) is 5.91 Å². The first-order chi connectivity index (χ1) is 9.56. The Hall–Kier alpha value is -1.79. The number of carbonyl (C=O) groups excluding carboxylic acids is 1. The Bertz CT molecular complexity index is 639. The molecule has 2 aromatic rings. The predicted octanol–water partition coefficient (Wildman–Crippen LogP) is 3.19. The molecule has 0 aliphatic carbocycles. The Morgan fingerprint density at radius 3 is 2.95 bits per heavy atom. The highest BCUT2D eigenvalue weighted by Gasteiger charge is 2.09. The van der Waals surface area contributed by atoms with E-state index in [4.69, 9.17) is 17.3 Å². The topological polar surface area (TPSA) is 68.0 Å². The molecule has 0 spiro atoms. The van der Waals surface area contributed by atoms with Crippen molar-refractivity contribution in [3.63, 3.8) is 0 Å². The molecule has 7 heteroatoms. The molecule has 20 heavy (non-hydrogen) atoms. The molecule has 0 unspecified atom stereocenters. The highest BCUT2D eigenvalue weighted by molar-refractivity contribution is 8.00. The molecule has 0 aliphatic heterocycles. The van der Waals surface area contributed by atoms with Gasteiger partial charge in [0.05, 0.1) is 23.3 Å². The van der Waals surface area contributed by atoms with Crippen LogP contribution in [0.4, 0.5) is 15.8 Å². The maximum absolute atomic E-state index is 13.5. The van der Waals surface area contributed by atoms with Crippen LogP contribution >= 0.6 is 23.4 Å². The fraction of sp³-hybridized carbons (Fsp3) is 0.0769. The Morgan fingerprint density at radius 1 is 1.45 bits per heavy atom. The monoisotopic (exact) mass is 311 g/mol. The summed E-state index contributed by atoms with van der Waals surface area (Å²) in [5.41, 5.74) is 6.31. The lowest BCUT2D eigenvalue weighted by Crippen LogP contribution is -2.15. The smallest absolute Gasteiger partial charge is 0.234 e. The summed E-state index contributed by atoms with van der Waals surface area (Å²) in [7, 11) is 0. The number of nitrogens with one attached hydrogen (secondary N) is 1. The van der Waals surface area contributed by atoms with E-state index in [9.17, 15) is 9.18 Å². The van der Waals surface area contributed by atoms with E-state index < -0.39 is 5.82 Å². The summed E-state index contributed by atoms with van der Waals surface area (Å²) >= 11 is 6.89. The van der Waals surface area contributed by atoms with Crippen molar-refractivity contribution in [3.05, 3.63) is 47.5 Å². The molecule has 0 saturated heterocycles. The highest BCUT2D eigenvalue weighted by atomic mass is 35.5. The molecule has 1 heterocycles. The van der Waals surface area contributed by atoms with E-state index in [0.717, 1.165) is 11.0 Å². The molecule has 0 aliphatic rings. The zero-order valence-electron chi connectivity index (χ0n) is 10.3. The summed E-state index contributed by atoms with van der Waals surface area (Å²) in [5, 5.41) is 2.75. The standard InChI is InChI=1S/C13H11ClFN3OS/c14-8-1-2-11(9(15)5-8)18-13(19)7-20-12-3-4-17-6-10(12)16/h1-6H,7,16H2,(H,18,19). The lowest BCUT2D eigenvalue weighted by Gasteiger charge is -2.07. The van der Waals surface area contributed by atoms with Crippen LogP contribution in [-0.2, 0) is 4.79 Å². The van der Waals surface area contributed by atoms with Crippen molar-refractivity contribution in [2.75, 3.05) is 16.8 Å². The van der Waals surface area contributed by atoms with Crippen molar-refractivity contribution in [1.29, 1.82) is 0 Å². The summed E-state index contributed by atoms with van der Waals surface area (Å²) in [6, 6.07) is 5.79. The number of halogens is 2. The van der Waals surface area contributed by atoms with E-state index in [1.54, 1.807) is 12.3 Å². The zero-order valence-corrected chi connectivity index (χ0v) is 11.8. The first-order valence-electron chi connectivity index (χ1n) is 5.63. The third-order valence-corrected chi connectivity index (χ3v) is 3.70. The number of nitrogens with zero attached hydrogens (tertiary/aromatic N) is 1. The molecule has 2 rings (SSSR count). The van der Waals surface area contributed by atoms with Gasteiger partial charge >= 0.3 is 0 Å². The van der Waals surface area contributed by atoms with Gasteiger partial charge in [0.1, 0.15) is 5.82 Å². The lowest BCUT2D eigenvalue weighted by molar-refractivity contribution is -0.113. The number of anilines is 2. The van der Waals surface area contributed by atoms with Crippen LogP contribution in [0.3, 0.4) is 0 Å². The molecular weight excluding hydrogens is 301 g/mol. The van der Waals surface area contributed by atoms with Gasteiger partial charge in [0.15, 0.2) is 0 Å². The fourth-order valence-corrected chi connectivity index (χ4v) is 2.34. The molecule has 1 aromatic carbocycles. The van der Waals surface area contributed by atoms with E-state index in [1.165, 1.54) is 30.1 Å². The minimum Gasteiger partial charge on any atom is -0.397 e. The van der Waals surface area contributed by atoms with Crippen LogP contribution in [0.5, 0.6) is 0 Å². The summed E-state index contributed by atoms with van der Waals surface area (Å²) in [5.74, 6) is -0.775. The Kier molecular flexibility index (Phi) is 4.81. The van der Waals surface area contributed by atoms with Gasteiger partial charge in [-0.15, -0.1) is 11.8 Å². The number of amides is 1. The Labute approximate surface area is 124 Å².